The van der Waals surface area contributed by atoms with E-state index >= 15 is 0 Å². The average Bonchev–Trinajstić information content (AvgIpc) is 3.16. The molecule has 0 spiro atoms. The third-order valence-corrected chi connectivity index (χ3v) is 4.46. The van der Waals surface area contributed by atoms with E-state index in [0.717, 1.165) is 12.1 Å². The molecule has 31 heavy (non-hydrogen) atoms. The van der Waals surface area contributed by atoms with Crippen molar-refractivity contribution in [1.29, 1.82) is 10.5 Å². The monoisotopic (exact) mass is 441 g/mol. The summed E-state index contributed by atoms with van der Waals surface area (Å²) in [5.41, 5.74) is -2.03. The third kappa shape index (κ3) is 5.01. The van der Waals surface area contributed by atoms with Gasteiger partial charge in [-0.2, -0.15) is 36.9 Å². The molecule has 0 aromatic heterocycles. The lowest BCUT2D eigenvalue weighted by molar-refractivity contribution is -0.215. The highest BCUT2D eigenvalue weighted by Crippen LogP contribution is 2.39. The number of rotatable bonds is 4. The molecule has 2 aromatic rings. The zero-order chi connectivity index (χ0) is 22.8. The summed E-state index contributed by atoms with van der Waals surface area (Å²) < 4.78 is 90.5. The van der Waals surface area contributed by atoms with E-state index < -0.39 is 35.8 Å². The van der Waals surface area contributed by atoms with E-state index in [2.05, 4.69) is 0 Å². The molecule has 1 aliphatic rings. The van der Waals surface area contributed by atoms with Gasteiger partial charge in [-0.15, -0.1) is 0 Å². The lowest BCUT2D eigenvalue weighted by Crippen LogP contribution is -2.42. The molecule has 2 aromatic carbocycles. The molecule has 1 fully saturated rings. The van der Waals surface area contributed by atoms with Gasteiger partial charge in [0.1, 0.15) is 18.5 Å². The topological polar surface area (TPSA) is 69.3 Å². The molecule has 0 radical (unpaired) electrons. The summed E-state index contributed by atoms with van der Waals surface area (Å²) in [4.78, 5) is 0.656. The number of halogens is 6. The van der Waals surface area contributed by atoms with Crippen LogP contribution in [0.3, 0.4) is 0 Å². The summed E-state index contributed by atoms with van der Waals surface area (Å²) in [5, 5.41) is 17.6. The number of anilines is 1. The fourth-order valence-electron chi connectivity index (χ4n) is 3.06. The van der Waals surface area contributed by atoms with Gasteiger partial charge in [0, 0.05) is 5.69 Å². The minimum absolute atomic E-state index is 0.294. The van der Waals surface area contributed by atoms with Gasteiger partial charge in [-0.3, -0.25) is 0 Å². The summed E-state index contributed by atoms with van der Waals surface area (Å²) in [6.45, 7) is -0.680. The van der Waals surface area contributed by atoms with Gasteiger partial charge in [-0.25, -0.2) is 0 Å². The van der Waals surface area contributed by atoms with Crippen molar-refractivity contribution in [3.05, 3.63) is 59.2 Å². The third-order valence-electron chi connectivity index (χ3n) is 4.46. The van der Waals surface area contributed by atoms with Crippen LogP contribution in [0, 0.1) is 22.7 Å². The summed E-state index contributed by atoms with van der Waals surface area (Å²) in [6, 6.07) is 11.5. The van der Waals surface area contributed by atoms with Crippen LogP contribution in [0.25, 0.3) is 0 Å². The second-order valence-corrected chi connectivity index (χ2v) is 6.59. The van der Waals surface area contributed by atoms with Crippen molar-refractivity contribution >= 4 is 5.69 Å². The second-order valence-electron chi connectivity index (χ2n) is 6.59. The van der Waals surface area contributed by atoms with E-state index in [1.807, 2.05) is 6.07 Å². The summed E-state index contributed by atoms with van der Waals surface area (Å²) >= 11 is 0. The van der Waals surface area contributed by atoms with Crippen molar-refractivity contribution in [3.63, 3.8) is 0 Å². The Balaban J connectivity index is 1.82. The number of benzene rings is 2. The van der Waals surface area contributed by atoms with E-state index in [1.165, 1.54) is 30.3 Å². The molecule has 0 N–H and O–H groups in total. The fourth-order valence-corrected chi connectivity index (χ4v) is 3.06. The first-order valence-corrected chi connectivity index (χ1v) is 8.76. The molecule has 3 rings (SSSR count). The smallest absolute Gasteiger partial charge is 0.433 e. The van der Waals surface area contributed by atoms with Crippen molar-refractivity contribution in [2.75, 3.05) is 18.1 Å². The highest BCUT2D eigenvalue weighted by Gasteiger charge is 2.51. The summed E-state index contributed by atoms with van der Waals surface area (Å²) in [7, 11) is 0. The molecule has 0 unspecified atom stereocenters. The molecular formula is C20H13F6N3O2. The first-order valence-electron chi connectivity index (χ1n) is 8.76. The van der Waals surface area contributed by atoms with Crippen LogP contribution >= 0.6 is 0 Å². The zero-order valence-corrected chi connectivity index (χ0v) is 15.5. The van der Waals surface area contributed by atoms with E-state index in [4.69, 9.17) is 20.0 Å². The van der Waals surface area contributed by atoms with Gasteiger partial charge >= 0.3 is 12.4 Å². The average molecular weight is 441 g/mol. The van der Waals surface area contributed by atoms with Crippen LogP contribution in [0.1, 0.15) is 16.7 Å². The van der Waals surface area contributed by atoms with Crippen LogP contribution in [0.5, 0.6) is 5.75 Å². The van der Waals surface area contributed by atoms with Gasteiger partial charge in [-0.05, 0) is 42.5 Å². The standard InChI is InChI=1S/C20H13F6N3O2/c21-19(22,23)17-7-14(4-3-13(17)9-28)29-10-16(31-18(29)20(24,25)26)11-30-15-5-1-12(8-27)2-6-15/h1-7,16,18H,10-11H2/t16-,18-/m0/s1. The largest absolute Gasteiger partial charge is 0.491 e. The van der Waals surface area contributed by atoms with E-state index in [9.17, 15) is 26.3 Å². The maximum Gasteiger partial charge on any atom is 0.433 e. The van der Waals surface area contributed by atoms with Crippen LogP contribution in [0.15, 0.2) is 42.5 Å². The lowest BCUT2D eigenvalue weighted by Gasteiger charge is -2.27. The number of alkyl halides is 6. The predicted molar refractivity (Wildman–Crippen MR) is 94.9 cm³/mol. The molecule has 2 atom stereocenters. The molecule has 11 heteroatoms. The molecule has 1 heterocycles. The second kappa shape index (κ2) is 8.36. The van der Waals surface area contributed by atoms with Crippen molar-refractivity contribution < 1.29 is 35.8 Å². The normalized spacial score (nSPS) is 19.0. The maximum absolute atomic E-state index is 13.5. The maximum atomic E-state index is 13.5. The Kier molecular flexibility index (Phi) is 6.00. The van der Waals surface area contributed by atoms with Crippen molar-refractivity contribution in [2.24, 2.45) is 0 Å². The lowest BCUT2D eigenvalue weighted by atomic mass is 10.1. The van der Waals surface area contributed by atoms with E-state index in [1.54, 1.807) is 0 Å². The molecule has 0 amide bonds. The van der Waals surface area contributed by atoms with Crippen LogP contribution in [-0.2, 0) is 10.9 Å². The predicted octanol–water partition coefficient (Wildman–Crippen LogP) is 4.62. The Labute approximate surface area is 172 Å². The Bertz CT molecular complexity index is 1020. The van der Waals surface area contributed by atoms with Gasteiger partial charge in [0.15, 0.2) is 0 Å². The van der Waals surface area contributed by atoms with Gasteiger partial charge in [0.25, 0.3) is 0 Å². The van der Waals surface area contributed by atoms with E-state index in [0.29, 0.717) is 22.3 Å². The Hall–Kier alpha value is -3.44. The summed E-state index contributed by atoms with van der Waals surface area (Å²) in [5.74, 6) is 0.294. The van der Waals surface area contributed by atoms with Crippen LogP contribution < -0.4 is 9.64 Å². The highest BCUT2D eigenvalue weighted by molar-refractivity contribution is 5.56. The van der Waals surface area contributed by atoms with Crippen molar-refractivity contribution in [1.82, 2.24) is 0 Å². The van der Waals surface area contributed by atoms with Crippen LogP contribution in [0.4, 0.5) is 32.0 Å². The number of nitrogens with zero attached hydrogens (tertiary/aromatic N) is 3. The molecule has 0 saturated carbocycles. The van der Waals surface area contributed by atoms with Gasteiger partial charge in [0.05, 0.1) is 35.4 Å². The molecule has 162 valence electrons. The molecule has 1 saturated heterocycles. The molecular weight excluding hydrogens is 428 g/mol. The minimum Gasteiger partial charge on any atom is -0.491 e. The highest BCUT2D eigenvalue weighted by atomic mass is 19.4. The Morgan fingerprint density at radius 1 is 1.00 bits per heavy atom. The molecule has 5 nitrogen and oxygen atoms in total. The van der Waals surface area contributed by atoms with Crippen LogP contribution in [-0.4, -0.2) is 31.7 Å². The van der Waals surface area contributed by atoms with Crippen molar-refractivity contribution in [3.8, 4) is 17.9 Å². The van der Waals surface area contributed by atoms with E-state index in [-0.39, 0.29) is 18.8 Å². The quantitative estimate of drug-likeness (QED) is 0.648. The molecule has 0 aliphatic carbocycles. The van der Waals surface area contributed by atoms with Crippen LogP contribution in [0.2, 0.25) is 0 Å². The number of hydrogen-bond acceptors (Lipinski definition) is 5. The minimum atomic E-state index is -4.91. The number of ether oxygens (including phenoxy) is 2. The number of nitriles is 2. The van der Waals surface area contributed by atoms with Gasteiger partial charge in [-0.1, -0.05) is 0 Å². The SMILES string of the molecule is N#Cc1ccc(OC[C@@H]2CN(c3ccc(C#N)c(C(F)(F)F)c3)[C@H](C(F)(F)F)O2)cc1. The first-order chi connectivity index (χ1) is 14.5. The summed E-state index contributed by atoms with van der Waals surface area (Å²) in [6.07, 6.45) is -13.4. The zero-order valence-electron chi connectivity index (χ0n) is 15.5. The van der Waals surface area contributed by atoms with Gasteiger partial charge in [0.2, 0.25) is 6.23 Å². The Morgan fingerprint density at radius 2 is 1.68 bits per heavy atom. The van der Waals surface area contributed by atoms with Gasteiger partial charge < -0.3 is 14.4 Å². The molecule has 0 bridgehead atoms. The Morgan fingerprint density at radius 3 is 2.23 bits per heavy atom. The molecule has 1 aliphatic heterocycles. The fraction of sp³-hybridized carbons (Fsp3) is 0.300. The number of hydrogen-bond donors (Lipinski definition) is 0. The van der Waals surface area contributed by atoms with Crippen molar-refractivity contribution in [2.45, 2.75) is 24.7 Å². The first kappa shape index (κ1) is 22.2.